The normalized spacial score (nSPS) is 11.0. The number of amides is 3. The fourth-order valence-corrected chi connectivity index (χ4v) is 3.71. The molecule has 0 bridgehead atoms. The number of carbonyl (C=O) groups is 3. The molecule has 4 rings (SSSR count). The molecule has 10 nitrogen and oxygen atoms in total. The summed E-state index contributed by atoms with van der Waals surface area (Å²) in [7, 11) is 5.61. The van der Waals surface area contributed by atoms with Crippen LogP contribution in [0.3, 0.4) is 0 Å². The quantitative estimate of drug-likeness (QED) is 0.345. The van der Waals surface area contributed by atoms with Gasteiger partial charge in [0.2, 0.25) is 5.76 Å². The maximum Gasteiger partial charge on any atom is 0.294 e. The van der Waals surface area contributed by atoms with Gasteiger partial charge in [-0.2, -0.15) is 0 Å². The second-order valence-electron chi connectivity index (χ2n) is 8.98. The molecular formula is C27H27ClN6O4. The number of benzene rings is 1. The average Bonchev–Trinajstić information content (AvgIpc) is 3.25. The number of carbonyl (C=O) groups excluding carboxylic acids is 3. The van der Waals surface area contributed by atoms with E-state index in [1.165, 1.54) is 6.20 Å². The van der Waals surface area contributed by atoms with Gasteiger partial charge in [0, 0.05) is 43.2 Å². The van der Waals surface area contributed by atoms with E-state index in [1.807, 2.05) is 19.0 Å². The van der Waals surface area contributed by atoms with E-state index in [-0.39, 0.29) is 23.2 Å². The van der Waals surface area contributed by atoms with Crippen molar-refractivity contribution in [2.75, 3.05) is 44.9 Å². The summed E-state index contributed by atoms with van der Waals surface area (Å²) in [5.41, 5.74) is 2.24. The van der Waals surface area contributed by atoms with Gasteiger partial charge in [0.25, 0.3) is 17.7 Å². The molecule has 0 saturated heterocycles. The Morgan fingerprint density at radius 2 is 1.61 bits per heavy atom. The van der Waals surface area contributed by atoms with Crippen LogP contribution in [0, 0.1) is 6.92 Å². The van der Waals surface area contributed by atoms with E-state index < -0.39 is 11.8 Å². The highest BCUT2D eigenvalue weighted by Gasteiger charge is 2.25. The van der Waals surface area contributed by atoms with Gasteiger partial charge in [0.15, 0.2) is 5.58 Å². The van der Waals surface area contributed by atoms with Crippen molar-refractivity contribution in [3.8, 4) is 0 Å². The molecule has 3 amide bonds. The van der Waals surface area contributed by atoms with Gasteiger partial charge in [-0.05, 0) is 69.6 Å². The molecular weight excluding hydrogens is 508 g/mol. The first kappa shape index (κ1) is 26.8. The molecule has 0 saturated carbocycles. The van der Waals surface area contributed by atoms with Gasteiger partial charge in [-0.3, -0.25) is 14.4 Å². The smallest absolute Gasteiger partial charge is 0.294 e. The van der Waals surface area contributed by atoms with Gasteiger partial charge in [0.1, 0.15) is 17.0 Å². The minimum absolute atomic E-state index is 0.127. The number of halogens is 1. The van der Waals surface area contributed by atoms with Crippen LogP contribution in [0.1, 0.15) is 37.0 Å². The Kier molecular flexibility index (Phi) is 8.04. The van der Waals surface area contributed by atoms with Crippen molar-refractivity contribution in [1.82, 2.24) is 19.8 Å². The lowest BCUT2D eigenvalue weighted by Crippen LogP contribution is -2.33. The molecule has 3 heterocycles. The highest BCUT2D eigenvalue weighted by Crippen LogP contribution is 2.31. The fourth-order valence-electron chi connectivity index (χ4n) is 3.59. The Hall–Kier alpha value is -4.28. The monoisotopic (exact) mass is 534 g/mol. The van der Waals surface area contributed by atoms with Crippen LogP contribution < -0.4 is 10.6 Å². The number of rotatable bonds is 8. The Morgan fingerprint density at radius 1 is 0.895 bits per heavy atom. The predicted octanol–water partition coefficient (Wildman–Crippen LogP) is 4.32. The molecule has 0 spiro atoms. The Balaban J connectivity index is 1.57. The van der Waals surface area contributed by atoms with Crippen molar-refractivity contribution in [3.63, 3.8) is 0 Å². The van der Waals surface area contributed by atoms with E-state index in [0.717, 1.165) is 6.54 Å². The lowest BCUT2D eigenvalue weighted by Gasteiger charge is -2.19. The standard InChI is InChI=1S/C27H27ClN6O4/c1-16-5-11-20-22(30-16)23(24(38-20)26(36)31-21-12-10-19(28)15-29-21)32-25(35)17-6-8-18(9-7-17)27(37)34(4)14-13-33(2)3/h5-12,15H,13-14H2,1-4H3,(H,32,35)(H,29,31,36). The van der Waals surface area contributed by atoms with Gasteiger partial charge >= 0.3 is 0 Å². The molecule has 196 valence electrons. The number of aryl methyl sites for hydroxylation is 1. The van der Waals surface area contributed by atoms with Crippen molar-refractivity contribution in [3.05, 3.63) is 82.3 Å². The minimum atomic E-state index is -0.618. The molecule has 0 radical (unpaired) electrons. The van der Waals surface area contributed by atoms with Crippen molar-refractivity contribution < 1.29 is 18.8 Å². The zero-order valence-corrected chi connectivity index (χ0v) is 22.2. The lowest BCUT2D eigenvalue weighted by atomic mass is 10.1. The highest BCUT2D eigenvalue weighted by atomic mass is 35.5. The highest BCUT2D eigenvalue weighted by molar-refractivity contribution is 6.30. The number of pyridine rings is 2. The van der Waals surface area contributed by atoms with Gasteiger partial charge in [-0.25, -0.2) is 9.97 Å². The fraction of sp³-hybridized carbons (Fsp3) is 0.222. The minimum Gasteiger partial charge on any atom is -0.447 e. The lowest BCUT2D eigenvalue weighted by molar-refractivity contribution is 0.0785. The van der Waals surface area contributed by atoms with E-state index in [4.69, 9.17) is 16.0 Å². The number of anilines is 2. The van der Waals surface area contributed by atoms with Crippen LogP contribution >= 0.6 is 11.6 Å². The topological polar surface area (TPSA) is 121 Å². The predicted molar refractivity (Wildman–Crippen MR) is 146 cm³/mol. The number of nitrogens with zero attached hydrogens (tertiary/aromatic N) is 4. The van der Waals surface area contributed by atoms with Crippen molar-refractivity contribution in [2.45, 2.75) is 6.92 Å². The first-order chi connectivity index (χ1) is 18.1. The molecule has 2 N–H and O–H groups in total. The third-order valence-electron chi connectivity index (χ3n) is 5.71. The van der Waals surface area contributed by atoms with Crippen LogP contribution in [0.25, 0.3) is 11.1 Å². The van der Waals surface area contributed by atoms with Crippen LogP contribution in [0.2, 0.25) is 5.02 Å². The van der Waals surface area contributed by atoms with Crippen LogP contribution in [-0.4, -0.2) is 71.7 Å². The first-order valence-corrected chi connectivity index (χ1v) is 12.1. The summed E-state index contributed by atoms with van der Waals surface area (Å²) in [5.74, 6) is -1.12. The van der Waals surface area contributed by atoms with Gasteiger partial charge < -0.3 is 24.9 Å². The Bertz CT molecular complexity index is 1480. The van der Waals surface area contributed by atoms with Crippen LogP contribution in [0.4, 0.5) is 11.5 Å². The van der Waals surface area contributed by atoms with Crippen LogP contribution in [-0.2, 0) is 0 Å². The van der Waals surface area contributed by atoms with Gasteiger partial charge in [-0.15, -0.1) is 0 Å². The molecule has 4 aromatic rings. The number of fused-ring (bicyclic) bond motifs is 1. The molecule has 3 aromatic heterocycles. The van der Waals surface area contributed by atoms with E-state index in [1.54, 1.807) is 67.4 Å². The van der Waals surface area contributed by atoms with Gasteiger partial charge in [-0.1, -0.05) is 11.6 Å². The summed E-state index contributed by atoms with van der Waals surface area (Å²) in [6.45, 7) is 3.10. The SMILES string of the molecule is Cc1ccc2oc(C(=O)Nc3ccc(Cl)cn3)c(NC(=O)c3ccc(C(=O)N(C)CCN(C)C)cc3)c2n1. The van der Waals surface area contributed by atoms with E-state index in [9.17, 15) is 14.4 Å². The number of nitrogens with one attached hydrogen (secondary N) is 2. The maximum atomic E-state index is 13.2. The number of furan rings is 1. The zero-order valence-electron chi connectivity index (χ0n) is 21.4. The zero-order chi connectivity index (χ0) is 27.4. The number of likely N-dealkylation sites (N-methyl/N-ethyl adjacent to an activating group) is 2. The molecule has 1 aromatic carbocycles. The van der Waals surface area contributed by atoms with Crippen molar-refractivity contribution in [2.24, 2.45) is 0 Å². The maximum absolute atomic E-state index is 13.2. The summed E-state index contributed by atoms with van der Waals surface area (Å²) >= 11 is 5.87. The Labute approximate surface area is 224 Å². The third kappa shape index (κ3) is 6.16. The summed E-state index contributed by atoms with van der Waals surface area (Å²) < 4.78 is 5.77. The summed E-state index contributed by atoms with van der Waals surface area (Å²) in [5, 5.41) is 5.82. The molecule has 0 aliphatic rings. The van der Waals surface area contributed by atoms with Crippen molar-refractivity contribution >= 4 is 51.9 Å². The first-order valence-electron chi connectivity index (χ1n) is 11.8. The summed E-state index contributed by atoms with van der Waals surface area (Å²) in [6, 6.07) is 12.9. The van der Waals surface area contributed by atoms with E-state index in [0.29, 0.717) is 39.5 Å². The number of hydrogen-bond acceptors (Lipinski definition) is 7. The van der Waals surface area contributed by atoms with E-state index in [2.05, 4.69) is 20.6 Å². The van der Waals surface area contributed by atoms with Crippen LogP contribution in [0.5, 0.6) is 0 Å². The molecule has 38 heavy (non-hydrogen) atoms. The number of aromatic nitrogens is 2. The molecule has 0 aliphatic heterocycles. The second kappa shape index (κ2) is 11.4. The molecule has 0 fully saturated rings. The summed E-state index contributed by atoms with van der Waals surface area (Å²) in [6.07, 6.45) is 1.40. The van der Waals surface area contributed by atoms with Crippen LogP contribution in [0.15, 0.2) is 59.1 Å². The second-order valence-corrected chi connectivity index (χ2v) is 9.42. The Morgan fingerprint density at radius 3 is 2.26 bits per heavy atom. The molecule has 11 heteroatoms. The van der Waals surface area contributed by atoms with Gasteiger partial charge in [0.05, 0.1) is 5.02 Å². The molecule has 0 aliphatic carbocycles. The van der Waals surface area contributed by atoms with E-state index >= 15 is 0 Å². The third-order valence-corrected chi connectivity index (χ3v) is 5.93. The summed E-state index contributed by atoms with van der Waals surface area (Å²) in [4.78, 5) is 51.1. The largest absolute Gasteiger partial charge is 0.447 e. The van der Waals surface area contributed by atoms with Crippen molar-refractivity contribution in [1.29, 1.82) is 0 Å². The average molecular weight is 535 g/mol. The molecule has 0 atom stereocenters. The molecule has 0 unspecified atom stereocenters. The number of hydrogen-bond donors (Lipinski definition) is 2.